The maximum atomic E-state index is 11.8. The molecule has 0 saturated carbocycles. The van der Waals surface area contributed by atoms with Crippen molar-refractivity contribution in [2.24, 2.45) is 5.92 Å². The first-order valence-electron chi connectivity index (χ1n) is 6.40. The van der Waals surface area contributed by atoms with Gasteiger partial charge in [0.15, 0.2) is 0 Å². The maximum Gasteiger partial charge on any atom is 0.239 e. The molecule has 4 nitrogen and oxygen atoms in total. The molecule has 100 valence electrons. The lowest BCUT2D eigenvalue weighted by molar-refractivity contribution is -0.119. The Morgan fingerprint density at radius 1 is 1.44 bits per heavy atom. The Morgan fingerprint density at radius 3 is 2.72 bits per heavy atom. The predicted octanol–water partition coefficient (Wildman–Crippen LogP) is 1.87. The first-order valence-corrected chi connectivity index (χ1v) is 6.40. The Kier molecular flexibility index (Phi) is 5.49. The van der Waals surface area contributed by atoms with E-state index in [1.807, 2.05) is 36.1 Å². The Hall–Kier alpha value is -1.71. The molecular formula is C14H23N3O. The van der Waals surface area contributed by atoms with Crippen molar-refractivity contribution in [3.05, 3.63) is 24.3 Å². The number of nitrogen functional groups attached to an aromatic ring is 1. The molecule has 0 aliphatic heterocycles. The van der Waals surface area contributed by atoms with E-state index in [4.69, 9.17) is 5.73 Å². The van der Waals surface area contributed by atoms with Crippen molar-refractivity contribution >= 4 is 17.3 Å². The topological polar surface area (TPSA) is 58.4 Å². The van der Waals surface area contributed by atoms with Gasteiger partial charge in [-0.15, -0.1) is 0 Å². The molecule has 0 aliphatic rings. The van der Waals surface area contributed by atoms with Crippen LogP contribution in [0.3, 0.4) is 0 Å². The van der Waals surface area contributed by atoms with E-state index in [2.05, 4.69) is 19.2 Å². The summed E-state index contributed by atoms with van der Waals surface area (Å²) in [7, 11) is 0. The van der Waals surface area contributed by atoms with Gasteiger partial charge in [0.25, 0.3) is 0 Å². The van der Waals surface area contributed by atoms with Crippen LogP contribution in [0.4, 0.5) is 11.4 Å². The molecule has 0 fully saturated rings. The van der Waals surface area contributed by atoms with E-state index in [0.717, 1.165) is 12.2 Å². The number of rotatable bonds is 6. The van der Waals surface area contributed by atoms with Crippen molar-refractivity contribution in [3.8, 4) is 0 Å². The fourth-order valence-corrected chi connectivity index (χ4v) is 1.65. The van der Waals surface area contributed by atoms with Gasteiger partial charge in [-0.1, -0.05) is 19.9 Å². The van der Waals surface area contributed by atoms with Crippen LogP contribution in [-0.4, -0.2) is 25.5 Å². The molecule has 0 aliphatic carbocycles. The molecule has 0 bridgehead atoms. The Balaban J connectivity index is 2.59. The average molecular weight is 249 g/mol. The average Bonchev–Trinajstić information content (AvgIpc) is 2.33. The lowest BCUT2D eigenvalue weighted by atomic mass is 10.2. The van der Waals surface area contributed by atoms with Crippen molar-refractivity contribution in [3.63, 3.8) is 0 Å². The Bertz CT molecular complexity index is 390. The largest absolute Gasteiger partial charge is 0.399 e. The van der Waals surface area contributed by atoms with Gasteiger partial charge in [-0.25, -0.2) is 0 Å². The highest BCUT2D eigenvalue weighted by Crippen LogP contribution is 2.16. The highest BCUT2D eigenvalue weighted by Gasteiger charge is 2.10. The molecule has 1 aromatic carbocycles. The van der Waals surface area contributed by atoms with Crippen LogP contribution in [0.1, 0.15) is 20.8 Å². The molecule has 1 amide bonds. The predicted molar refractivity (Wildman–Crippen MR) is 76.6 cm³/mol. The molecular weight excluding hydrogens is 226 g/mol. The van der Waals surface area contributed by atoms with Gasteiger partial charge < -0.3 is 16.0 Å². The van der Waals surface area contributed by atoms with E-state index in [-0.39, 0.29) is 5.91 Å². The van der Waals surface area contributed by atoms with Crippen LogP contribution < -0.4 is 16.0 Å². The lowest BCUT2D eigenvalue weighted by Crippen LogP contribution is -2.38. The summed E-state index contributed by atoms with van der Waals surface area (Å²) < 4.78 is 0. The fourth-order valence-electron chi connectivity index (χ4n) is 1.65. The second kappa shape index (κ2) is 6.89. The van der Waals surface area contributed by atoms with E-state index in [1.165, 1.54) is 0 Å². The van der Waals surface area contributed by atoms with Crippen LogP contribution in [0.2, 0.25) is 0 Å². The van der Waals surface area contributed by atoms with Gasteiger partial charge in [0.05, 0.1) is 6.54 Å². The monoisotopic (exact) mass is 249 g/mol. The van der Waals surface area contributed by atoms with Crippen LogP contribution in [0.5, 0.6) is 0 Å². The third-order valence-electron chi connectivity index (χ3n) is 2.66. The molecule has 4 heteroatoms. The summed E-state index contributed by atoms with van der Waals surface area (Å²) in [6, 6.07) is 7.60. The van der Waals surface area contributed by atoms with E-state index >= 15 is 0 Å². The molecule has 0 heterocycles. The second-order valence-corrected chi connectivity index (χ2v) is 4.81. The van der Waals surface area contributed by atoms with Crippen molar-refractivity contribution in [2.75, 3.05) is 30.3 Å². The fraction of sp³-hybridized carbons (Fsp3) is 0.500. The summed E-state index contributed by atoms with van der Waals surface area (Å²) in [5, 5.41) is 2.92. The standard InChI is InChI=1S/C14H23N3O/c1-4-17(10-14(18)16-9-11(2)3)13-7-5-6-12(15)8-13/h5-8,11H,4,9-10,15H2,1-3H3,(H,16,18). The number of nitrogens with zero attached hydrogens (tertiary/aromatic N) is 1. The number of benzene rings is 1. The number of hydrogen-bond donors (Lipinski definition) is 2. The van der Waals surface area contributed by atoms with Gasteiger partial charge in [0.2, 0.25) is 5.91 Å². The Labute approximate surface area is 109 Å². The number of anilines is 2. The molecule has 18 heavy (non-hydrogen) atoms. The summed E-state index contributed by atoms with van der Waals surface area (Å²) in [4.78, 5) is 13.8. The van der Waals surface area contributed by atoms with Crippen LogP contribution in [-0.2, 0) is 4.79 Å². The molecule has 0 aromatic heterocycles. The zero-order valence-corrected chi connectivity index (χ0v) is 11.4. The third kappa shape index (κ3) is 4.65. The number of carbonyl (C=O) groups is 1. The number of nitrogens with two attached hydrogens (primary N) is 1. The van der Waals surface area contributed by atoms with Gasteiger partial charge in [0.1, 0.15) is 0 Å². The van der Waals surface area contributed by atoms with Crippen LogP contribution >= 0.6 is 0 Å². The number of carbonyl (C=O) groups excluding carboxylic acids is 1. The SMILES string of the molecule is CCN(CC(=O)NCC(C)C)c1cccc(N)c1. The van der Waals surface area contributed by atoms with Crippen LogP contribution in [0.25, 0.3) is 0 Å². The van der Waals surface area contributed by atoms with E-state index in [0.29, 0.717) is 24.7 Å². The minimum Gasteiger partial charge on any atom is -0.399 e. The van der Waals surface area contributed by atoms with Crippen molar-refractivity contribution in [1.29, 1.82) is 0 Å². The van der Waals surface area contributed by atoms with Crippen molar-refractivity contribution in [1.82, 2.24) is 5.32 Å². The molecule has 0 unspecified atom stereocenters. The molecule has 3 N–H and O–H groups in total. The van der Waals surface area contributed by atoms with Crippen molar-refractivity contribution in [2.45, 2.75) is 20.8 Å². The quantitative estimate of drug-likeness (QED) is 0.757. The van der Waals surface area contributed by atoms with E-state index < -0.39 is 0 Å². The van der Waals surface area contributed by atoms with Gasteiger partial charge in [-0.3, -0.25) is 4.79 Å². The van der Waals surface area contributed by atoms with Crippen molar-refractivity contribution < 1.29 is 4.79 Å². The van der Waals surface area contributed by atoms with E-state index in [9.17, 15) is 4.79 Å². The Morgan fingerprint density at radius 2 is 2.17 bits per heavy atom. The summed E-state index contributed by atoms with van der Waals surface area (Å²) in [5.41, 5.74) is 7.45. The highest BCUT2D eigenvalue weighted by molar-refractivity contribution is 5.81. The first-order chi connectivity index (χ1) is 8.52. The summed E-state index contributed by atoms with van der Waals surface area (Å²) in [6.07, 6.45) is 0. The maximum absolute atomic E-state index is 11.8. The van der Waals surface area contributed by atoms with Gasteiger partial charge in [-0.2, -0.15) is 0 Å². The van der Waals surface area contributed by atoms with Gasteiger partial charge in [-0.05, 0) is 31.0 Å². The molecule has 1 aromatic rings. The minimum atomic E-state index is 0.0491. The molecule has 0 radical (unpaired) electrons. The number of nitrogens with one attached hydrogen (secondary N) is 1. The second-order valence-electron chi connectivity index (χ2n) is 4.81. The van der Waals surface area contributed by atoms with Crippen LogP contribution in [0, 0.1) is 5.92 Å². The smallest absolute Gasteiger partial charge is 0.239 e. The number of hydrogen-bond acceptors (Lipinski definition) is 3. The molecule has 0 spiro atoms. The van der Waals surface area contributed by atoms with Gasteiger partial charge >= 0.3 is 0 Å². The zero-order chi connectivity index (χ0) is 13.5. The minimum absolute atomic E-state index is 0.0491. The highest BCUT2D eigenvalue weighted by atomic mass is 16.2. The normalized spacial score (nSPS) is 10.4. The number of likely N-dealkylation sites (N-methyl/N-ethyl adjacent to an activating group) is 1. The molecule has 0 atom stereocenters. The summed E-state index contributed by atoms with van der Waals surface area (Å²) >= 11 is 0. The van der Waals surface area contributed by atoms with Crippen LogP contribution in [0.15, 0.2) is 24.3 Å². The number of amides is 1. The van der Waals surface area contributed by atoms with E-state index in [1.54, 1.807) is 0 Å². The third-order valence-corrected chi connectivity index (χ3v) is 2.66. The molecule has 1 rings (SSSR count). The zero-order valence-electron chi connectivity index (χ0n) is 11.4. The summed E-state index contributed by atoms with van der Waals surface area (Å²) in [6.45, 7) is 8.04. The van der Waals surface area contributed by atoms with Gasteiger partial charge in [0, 0.05) is 24.5 Å². The lowest BCUT2D eigenvalue weighted by Gasteiger charge is -2.23. The summed E-state index contributed by atoms with van der Waals surface area (Å²) in [5.74, 6) is 0.518. The first kappa shape index (κ1) is 14.4. The molecule has 0 saturated heterocycles.